The first kappa shape index (κ1) is 15.9. The average molecular weight is 251 g/mol. The van der Waals surface area contributed by atoms with Crippen molar-refractivity contribution in [1.82, 2.24) is 0 Å². The summed E-state index contributed by atoms with van der Waals surface area (Å²) in [5.41, 5.74) is 0. The van der Waals surface area contributed by atoms with E-state index < -0.39 is 10.0 Å². The lowest BCUT2D eigenvalue weighted by Crippen LogP contribution is -2.16. The SMILES string of the molecule is CC(C)CC(C)OCCCCCS(N)(=O)=O. The van der Waals surface area contributed by atoms with E-state index in [1.807, 2.05) is 0 Å². The molecule has 0 radical (unpaired) electrons. The van der Waals surface area contributed by atoms with Crippen LogP contribution in [0, 0.1) is 5.92 Å². The zero-order valence-corrected chi connectivity index (χ0v) is 11.4. The Bertz CT molecular complexity index is 262. The third-order valence-corrected chi connectivity index (χ3v) is 3.14. The molecule has 0 aliphatic heterocycles. The first-order valence-corrected chi connectivity index (χ1v) is 7.65. The fraction of sp³-hybridized carbons (Fsp3) is 1.00. The van der Waals surface area contributed by atoms with E-state index in [1.54, 1.807) is 0 Å². The second-order valence-electron chi connectivity index (χ2n) is 4.74. The lowest BCUT2D eigenvalue weighted by molar-refractivity contribution is 0.0496. The van der Waals surface area contributed by atoms with Crippen LogP contribution in [0.25, 0.3) is 0 Å². The van der Waals surface area contributed by atoms with Gasteiger partial charge in [0, 0.05) is 6.61 Å². The molecule has 0 rings (SSSR count). The number of rotatable bonds is 9. The van der Waals surface area contributed by atoms with E-state index in [2.05, 4.69) is 20.8 Å². The molecular weight excluding hydrogens is 226 g/mol. The van der Waals surface area contributed by atoms with Gasteiger partial charge in [-0.25, -0.2) is 13.6 Å². The number of ether oxygens (including phenoxy) is 1. The van der Waals surface area contributed by atoms with Crippen molar-refractivity contribution in [2.75, 3.05) is 12.4 Å². The standard InChI is InChI=1S/C11H25NO3S/c1-10(2)9-11(3)15-7-5-4-6-8-16(12,13)14/h10-11H,4-9H2,1-3H3,(H2,12,13,14). The maximum atomic E-state index is 10.6. The van der Waals surface area contributed by atoms with Gasteiger partial charge in [0.2, 0.25) is 10.0 Å². The highest BCUT2D eigenvalue weighted by Gasteiger charge is 2.05. The number of unbranched alkanes of at least 4 members (excludes halogenated alkanes) is 2. The van der Waals surface area contributed by atoms with E-state index >= 15 is 0 Å². The summed E-state index contributed by atoms with van der Waals surface area (Å²) in [4.78, 5) is 0. The molecule has 0 aromatic heterocycles. The molecule has 4 nitrogen and oxygen atoms in total. The topological polar surface area (TPSA) is 69.4 Å². The quantitative estimate of drug-likeness (QED) is 0.636. The first-order valence-electron chi connectivity index (χ1n) is 5.93. The van der Waals surface area contributed by atoms with Crippen LogP contribution in [0.4, 0.5) is 0 Å². The lowest BCUT2D eigenvalue weighted by Gasteiger charge is -2.14. The smallest absolute Gasteiger partial charge is 0.209 e. The first-order chi connectivity index (χ1) is 7.31. The summed E-state index contributed by atoms with van der Waals surface area (Å²) >= 11 is 0. The van der Waals surface area contributed by atoms with Crippen molar-refractivity contribution in [3.05, 3.63) is 0 Å². The molecule has 0 heterocycles. The Hall–Kier alpha value is -0.130. The van der Waals surface area contributed by atoms with Crippen molar-refractivity contribution in [3.63, 3.8) is 0 Å². The van der Waals surface area contributed by atoms with E-state index in [0.717, 1.165) is 19.3 Å². The molecule has 98 valence electrons. The van der Waals surface area contributed by atoms with Gasteiger partial charge in [-0.1, -0.05) is 20.3 Å². The summed E-state index contributed by atoms with van der Waals surface area (Å²) in [5.74, 6) is 0.728. The Morgan fingerprint density at radius 1 is 1.12 bits per heavy atom. The number of nitrogens with two attached hydrogens (primary N) is 1. The molecule has 16 heavy (non-hydrogen) atoms. The summed E-state index contributed by atoms with van der Waals surface area (Å²) in [6.07, 6.45) is 3.74. The van der Waals surface area contributed by atoms with Gasteiger partial charge in [0.05, 0.1) is 11.9 Å². The predicted octanol–water partition coefficient (Wildman–Crippen LogP) is 1.90. The van der Waals surface area contributed by atoms with E-state index in [4.69, 9.17) is 9.88 Å². The summed E-state index contributed by atoms with van der Waals surface area (Å²) in [7, 11) is -3.28. The molecule has 5 heteroatoms. The number of hydrogen-bond donors (Lipinski definition) is 1. The van der Waals surface area contributed by atoms with Crippen molar-refractivity contribution in [2.24, 2.45) is 11.1 Å². The molecule has 0 saturated carbocycles. The third kappa shape index (κ3) is 11.9. The minimum Gasteiger partial charge on any atom is -0.379 e. The van der Waals surface area contributed by atoms with Gasteiger partial charge in [-0.15, -0.1) is 0 Å². The maximum Gasteiger partial charge on any atom is 0.209 e. The van der Waals surface area contributed by atoms with Gasteiger partial charge in [0.15, 0.2) is 0 Å². The van der Waals surface area contributed by atoms with Gasteiger partial charge in [0.25, 0.3) is 0 Å². The number of primary sulfonamides is 1. The highest BCUT2D eigenvalue weighted by molar-refractivity contribution is 7.89. The normalized spacial score (nSPS) is 14.3. The number of hydrogen-bond acceptors (Lipinski definition) is 3. The molecule has 0 aromatic carbocycles. The van der Waals surface area contributed by atoms with Gasteiger partial charge in [0.1, 0.15) is 0 Å². The largest absolute Gasteiger partial charge is 0.379 e. The molecule has 1 atom stereocenters. The summed E-state index contributed by atoms with van der Waals surface area (Å²) in [6.45, 7) is 7.13. The molecule has 0 saturated heterocycles. The minimum atomic E-state index is -3.28. The molecule has 0 bridgehead atoms. The van der Waals surface area contributed by atoms with Crippen LogP contribution in [-0.4, -0.2) is 26.9 Å². The molecule has 0 amide bonds. The van der Waals surface area contributed by atoms with E-state index in [-0.39, 0.29) is 5.75 Å². The van der Waals surface area contributed by atoms with Crippen molar-refractivity contribution in [1.29, 1.82) is 0 Å². The fourth-order valence-electron chi connectivity index (χ4n) is 1.60. The van der Waals surface area contributed by atoms with Crippen LogP contribution < -0.4 is 5.14 Å². The molecule has 1 unspecified atom stereocenters. The Balaban J connectivity index is 3.34. The zero-order chi connectivity index (χ0) is 12.6. The van der Waals surface area contributed by atoms with Crippen LogP contribution in [0.3, 0.4) is 0 Å². The van der Waals surface area contributed by atoms with Crippen molar-refractivity contribution in [3.8, 4) is 0 Å². The second kappa shape index (κ2) is 8.03. The van der Waals surface area contributed by atoms with Crippen LogP contribution >= 0.6 is 0 Å². The molecule has 0 aliphatic rings. The third-order valence-electron chi connectivity index (χ3n) is 2.28. The Labute approximate surface area is 99.6 Å². The van der Waals surface area contributed by atoms with Crippen LogP contribution in [0.1, 0.15) is 46.5 Å². The lowest BCUT2D eigenvalue weighted by atomic mass is 10.1. The van der Waals surface area contributed by atoms with Crippen LogP contribution in [0.5, 0.6) is 0 Å². The predicted molar refractivity (Wildman–Crippen MR) is 66.7 cm³/mol. The van der Waals surface area contributed by atoms with Gasteiger partial charge in [-0.05, 0) is 32.1 Å². The molecule has 0 aromatic rings. The van der Waals surface area contributed by atoms with E-state index in [9.17, 15) is 8.42 Å². The van der Waals surface area contributed by atoms with E-state index in [1.165, 1.54) is 0 Å². The summed E-state index contributed by atoms with van der Waals surface area (Å²) < 4.78 is 26.9. The average Bonchev–Trinajstić information content (AvgIpc) is 2.07. The van der Waals surface area contributed by atoms with Crippen LogP contribution in [0.15, 0.2) is 0 Å². The van der Waals surface area contributed by atoms with Crippen molar-refractivity contribution in [2.45, 2.75) is 52.6 Å². The Morgan fingerprint density at radius 2 is 1.75 bits per heavy atom. The Morgan fingerprint density at radius 3 is 2.25 bits per heavy atom. The molecular formula is C11H25NO3S. The zero-order valence-electron chi connectivity index (χ0n) is 10.6. The monoisotopic (exact) mass is 251 g/mol. The van der Waals surface area contributed by atoms with E-state index in [0.29, 0.717) is 25.0 Å². The minimum absolute atomic E-state index is 0.0779. The van der Waals surface area contributed by atoms with Gasteiger partial charge in [-0.2, -0.15) is 0 Å². The molecule has 0 aliphatic carbocycles. The summed E-state index contributed by atoms with van der Waals surface area (Å²) in [5, 5.41) is 4.89. The van der Waals surface area contributed by atoms with Gasteiger partial charge >= 0.3 is 0 Å². The molecule has 0 fully saturated rings. The highest BCUT2D eigenvalue weighted by atomic mass is 32.2. The van der Waals surface area contributed by atoms with Crippen molar-refractivity contribution < 1.29 is 13.2 Å². The maximum absolute atomic E-state index is 10.6. The van der Waals surface area contributed by atoms with Gasteiger partial charge in [-0.3, -0.25) is 0 Å². The summed E-state index contributed by atoms with van der Waals surface area (Å²) in [6, 6.07) is 0. The van der Waals surface area contributed by atoms with Crippen LogP contribution in [-0.2, 0) is 14.8 Å². The number of sulfonamides is 1. The highest BCUT2D eigenvalue weighted by Crippen LogP contribution is 2.08. The van der Waals surface area contributed by atoms with Gasteiger partial charge < -0.3 is 4.74 Å². The van der Waals surface area contributed by atoms with Crippen molar-refractivity contribution >= 4 is 10.0 Å². The molecule has 2 N–H and O–H groups in total. The fourth-order valence-corrected chi connectivity index (χ4v) is 2.20. The Kier molecular flexibility index (Phi) is 7.97. The second-order valence-corrected chi connectivity index (χ2v) is 6.47. The molecule has 0 spiro atoms. The van der Waals surface area contributed by atoms with Crippen LogP contribution in [0.2, 0.25) is 0 Å².